The van der Waals surface area contributed by atoms with E-state index in [4.69, 9.17) is 5.73 Å². The Morgan fingerprint density at radius 1 is 1.10 bits per heavy atom. The second-order valence-electron chi connectivity index (χ2n) is 7.34. The van der Waals surface area contributed by atoms with E-state index in [-0.39, 0.29) is 28.9 Å². The normalized spacial score (nSPS) is 13.5. The third-order valence-electron chi connectivity index (χ3n) is 5.00. The van der Waals surface area contributed by atoms with Crippen LogP contribution in [0, 0.1) is 5.82 Å². The summed E-state index contributed by atoms with van der Waals surface area (Å²) >= 11 is 1.41. The first kappa shape index (κ1) is 21.0. The van der Waals surface area contributed by atoms with Crippen molar-refractivity contribution in [1.82, 2.24) is 15.0 Å². The zero-order valence-electron chi connectivity index (χ0n) is 17.1. The molecule has 1 aliphatic rings. The zero-order chi connectivity index (χ0) is 21.8. The molecule has 1 unspecified atom stereocenters. The highest BCUT2D eigenvalue weighted by Crippen LogP contribution is 2.26. The third kappa shape index (κ3) is 5.49. The van der Waals surface area contributed by atoms with E-state index in [2.05, 4.69) is 37.7 Å². The molecule has 4 N–H and O–H groups in total. The van der Waals surface area contributed by atoms with Gasteiger partial charge in [0.05, 0.1) is 11.0 Å². The number of nitrogens with two attached hydrogens (primary N) is 1. The Morgan fingerprint density at radius 3 is 2.65 bits per heavy atom. The van der Waals surface area contributed by atoms with Crippen LogP contribution in [0.3, 0.4) is 0 Å². The van der Waals surface area contributed by atoms with Gasteiger partial charge in [0.15, 0.2) is 0 Å². The fraction of sp³-hybridized carbons (Fsp3) is 0.273. The number of nitrogens with one attached hydrogen (secondary N) is 2. The van der Waals surface area contributed by atoms with E-state index in [1.165, 1.54) is 41.4 Å². The molecule has 1 heterocycles. The van der Waals surface area contributed by atoms with Crippen LogP contribution in [0.4, 0.5) is 27.7 Å². The molecule has 4 rings (SSSR count). The van der Waals surface area contributed by atoms with Crippen molar-refractivity contribution < 1.29 is 9.18 Å². The lowest BCUT2D eigenvalue weighted by Crippen LogP contribution is -2.23. The van der Waals surface area contributed by atoms with Crippen molar-refractivity contribution in [3.63, 3.8) is 0 Å². The van der Waals surface area contributed by atoms with Crippen LogP contribution in [0.25, 0.3) is 0 Å². The Bertz CT molecular complexity index is 1090. The zero-order valence-corrected chi connectivity index (χ0v) is 17.9. The minimum atomic E-state index is -0.329. The summed E-state index contributed by atoms with van der Waals surface area (Å²) < 4.78 is 13.1. The number of halogens is 1. The standard InChI is InChI=1S/C22H23FN6OS/c1-13(20(30)25-18-8-5-14-3-2-4-15(14)11-18)31-12-19-27-21(24)29-22(28-19)26-17-9-6-16(23)7-10-17/h5-11,13H,2-4,12H2,1H3,(H,25,30)(H3,24,26,27,28,29). The molecule has 0 radical (unpaired) electrons. The molecular weight excluding hydrogens is 415 g/mol. The topological polar surface area (TPSA) is 106 Å². The predicted octanol–water partition coefficient (Wildman–Crippen LogP) is 4.09. The highest BCUT2D eigenvalue weighted by molar-refractivity contribution is 7.99. The maximum Gasteiger partial charge on any atom is 0.237 e. The van der Waals surface area contributed by atoms with Gasteiger partial charge in [0, 0.05) is 11.4 Å². The largest absolute Gasteiger partial charge is 0.368 e. The lowest BCUT2D eigenvalue weighted by atomic mass is 10.1. The van der Waals surface area contributed by atoms with Crippen molar-refractivity contribution in [2.75, 3.05) is 16.4 Å². The fourth-order valence-corrected chi connectivity index (χ4v) is 4.13. The summed E-state index contributed by atoms with van der Waals surface area (Å²) in [6, 6.07) is 12.0. The third-order valence-corrected chi connectivity index (χ3v) is 6.14. The van der Waals surface area contributed by atoms with Crippen LogP contribution in [-0.2, 0) is 23.4 Å². The van der Waals surface area contributed by atoms with Gasteiger partial charge in [0.1, 0.15) is 11.6 Å². The number of nitrogens with zero attached hydrogens (tertiary/aromatic N) is 3. The number of nitrogen functional groups attached to an aromatic ring is 1. The first-order chi connectivity index (χ1) is 15.0. The van der Waals surface area contributed by atoms with Gasteiger partial charge >= 0.3 is 0 Å². The van der Waals surface area contributed by atoms with E-state index < -0.39 is 0 Å². The average molecular weight is 439 g/mol. The van der Waals surface area contributed by atoms with Crippen LogP contribution < -0.4 is 16.4 Å². The molecule has 1 aliphatic carbocycles. The molecule has 0 fully saturated rings. The number of hydrogen-bond acceptors (Lipinski definition) is 7. The fourth-order valence-electron chi connectivity index (χ4n) is 3.39. The maximum absolute atomic E-state index is 13.1. The molecule has 2 aromatic carbocycles. The van der Waals surface area contributed by atoms with E-state index in [9.17, 15) is 9.18 Å². The summed E-state index contributed by atoms with van der Waals surface area (Å²) in [5, 5.41) is 5.66. The molecule has 160 valence electrons. The van der Waals surface area contributed by atoms with E-state index >= 15 is 0 Å². The smallest absolute Gasteiger partial charge is 0.237 e. The molecule has 0 saturated heterocycles. The molecule has 0 aliphatic heterocycles. The Hall–Kier alpha value is -3.20. The maximum atomic E-state index is 13.1. The van der Waals surface area contributed by atoms with Gasteiger partial charge in [-0.15, -0.1) is 11.8 Å². The van der Waals surface area contributed by atoms with E-state index in [1.807, 2.05) is 13.0 Å². The molecule has 1 aromatic heterocycles. The molecule has 1 atom stereocenters. The highest BCUT2D eigenvalue weighted by Gasteiger charge is 2.17. The lowest BCUT2D eigenvalue weighted by molar-refractivity contribution is -0.115. The summed E-state index contributed by atoms with van der Waals surface area (Å²) in [5.74, 6) is 0.790. The molecule has 0 saturated carbocycles. The van der Waals surface area contributed by atoms with Crippen molar-refractivity contribution in [3.8, 4) is 0 Å². The Morgan fingerprint density at radius 2 is 1.84 bits per heavy atom. The second-order valence-corrected chi connectivity index (χ2v) is 8.67. The molecule has 9 heteroatoms. The lowest BCUT2D eigenvalue weighted by Gasteiger charge is -2.13. The monoisotopic (exact) mass is 438 g/mol. The van der Waals surface area contributed by atoms with Crippen molar-refractivity contribution >= 4 is 40.9 Å². The molecular formula is C22H23FN6OS. The number of benzene rings is 2. The Labute approximate surface area is 184 Å². The van der Waals surface area contributed by atoms with Gasteiger partial charge < -0.3 is 16.4 Å². The van der Waals surface area contributed by atoms with Gasteiger partial charge in [-0.3, -0.25) is 4.79 Å². The number of aromatic nitrogens is 3. The minimum Gasteiger partial charge on any atom is -0.368 e. The number of amides is 1. The van der Waals surface area contributed by atoms with E-state index in [0.29, 0.717) is 17.3 Å². The van der Waals surface area contributed by atoms with Crippen LogP contribution in [0.1, 0.15) is 30.3 Å². The predicted molar refractivity (Wildman–Crippen MR) is 122 cm³/mol. The van der Waals surface area contributed by atoms with Gasteiger partial charge in [-0.05, 0) is 73.7 Å². The van der Waals surface area contributed by atoms with Crippen molar-refractivity contribution in [1.29, 1.82) is 0 Å². The molecule has 0 spiro atoms. The van der Waals surface area contributed by atoms with Crippen molar-refractivity contribution in [2.45, 2.75) is 37.2 Å². The summed E-state index contributed by atoms with van der Waals surface area (Å²) in [6.07, 6.45) is 3.35. The number of carbonyl (C=O) groups excluding carboxylic acids is 1. The highest BCUT2D eigenvalue weighted by atomic mass is 32.2. The number of fused-ring (bicyclic) bond motifs is 1. The summed E-state index contributed by atoms with van der Waals surface area (Å²) in [7, 11) is 0. The first-order valence-corrected chi connectivity index (χ1v) is 11.1. The van der Waals surface area contributed by atoms with Gasteiger partial charge in [-0.2, -0.15) is 15.0 Å². The number of thioether (sulfide) groups is 1. The van der Waals surface area contributed by atoms with Crippen LogP contribution in [-0.4, -0.2) is 26.1 Å². The van der Waals surface area contributed by atoms with Gasteiger partial charge in [-0.1, -0.05) is 6.07 Å². The molecule has 1 amide bonds. The van der Waals surface area contributed by atoms with Crippen LogP contribution >= 0.6 is 11.8 Å². The quantitative estimate of drug-likeness (QED) is 0.510. The number of aryl methyl sites for hydroxylation is 2. The van der Waals surface area contributed by atoms with Crippen LogP contribution in [0.5, 0.6) is 0 Å². The van der Waals surface area contributed by atoms with Gasteiger partial charge in [-0.25, -0.2) is 4.39 Å². The van der Waals surface area contributed by atoms with Crippen LogP contribution in [0.15, 0.2) is 42.5 Å². The molecule has 7 nitrogen and oxygen atoms in total. The number of rotatable bonds is 7. The number of anilines is 4. The van der Waals surface area contributed by atoms with E-state index in [0.717, 1.165) is 18.5 Å². The van der Waals surface area contributed by atoms with Gasteiger partial charge in [0.25, 0.3) is 0 Å². The summed E-state index contributed by atoms with van der Waals surface area (Å²) in [6.45, 7) is 1.84. The van der Waals surface area contributed by atoms with Gasteiger partial charge in [0.2, 0.25) is 17.8 Å². The van der Waals surface area contributed by atoms with Crippen LogP contribution in [0.2, 0.25) is 0 Å². The molecule has 31 heavy (non-hydrogen) atoms. The Kier molecular flexibility index (Phi) is 6.31. The number of hydrogen-bond donors (Lipinski definition) is 3. The molecule has 3 aromatic rings. The van der Waals surface area contributed by atoms with Crippen molar-refractivity contribution in [3.05, 3.63) is 65.2 Å². The SMILES string of the molecule is CC(SCc1nc(N)nc(Nc2ccc(F)cc2)n1)C(=O)Nc1ccc2c(c1)CCC2. The minimum absolute atomic E-state index is 0.0744. The Balaban J connectivity index is 1.35. The number of carbonyl (C=O) groups is 1. The van der Waals surface area contributed by atoms with E-state index in [1.54, 1.807) is 12.1 Å². The molecule has 0 bridgehead atoms. The second kappa shape index (κ2) is 9.30. The summed E-state index contributed by atoms with van der Waals surface area (Å²) in [5.41, 5.74) is 9.95. The van der Waals surface area contributed by atoms with Crippen molar-refractivity contribution in [2.24, 2.45) is 0 Å². The first-order valence-electron chi connectivity index (χ1n) is 10.0. The summed E-state index contributed by atoms with van der Waals surface area (Å²) in [4.78, 5) is 25.1. The average Bonchev–Trinajstić information content (AvgIpc) is 3.21.